The summed E-state index contributed by atoms with van der Waals surface area (Å²) in [4.78, 5) is 36.3. The van der Waals surface area contributed by atoms with Crippen molar-refractivity contribution in [1.82, 2.24) is 0 Å². The van der Waals surface area contributed by atoms with E-state index in [1.54, 1.807) is 48.5 Å². The molecule has 1 heterocycles. The van der Waals surface area contributed by atoms with Crippen molar-refractivity contribution < 1.29 is 19.6 Å². The zero-order valence-corrected chi connectivity index (χ0v) is 18.2. The van der Waals surface area contributed by atoms with E-state index in [1.807, 2.05) is 0 Å². The molecule has 2 bridgehead atoms. The van der Waals surface area contributed by atoms with Crippen molar-refractivity contribution in [2.45, 2.75) is 9.75 Å². The summed E-state index contributed by atoms with van der Waals surface area (Å²) in [6.07, 6.45) is 0. The van der Waals surface area contributed by atoms with Crippen LogP contribution in [0, 0.1) is 22.0 Å². The van der Waals surface area contributed by atoms with Gasteiger partial charge >= 0.3 is 0 Å². The van der Waals surface area contributed by atoms with Crippen LogP contribution in [0.5, 0.6) is 5.75 Å². The Bertz CT molecular complexity index is 1300. The Hall–Kier alpha value is -3.42. The van der Waals surface area contributed by atoms with Gasteiger partial charge in [0.15, 0.2) is 0 Å². The van der Waals surface area contributed by atoms with Gasteiger partial charge in [-0.1, -0.05) is 48.5 Å². The first-order valence-corrected chi connectivity index (χ1v) is 10.9. The molecule has 164 valence electrons. The number of rotatable bonds is 2. The van der Waals surface area contributed by atoms with Gasteiger partial charge in [-0.05, 0) is 28.3 Å². The smallest absolute Gasteiger partial charge is 0.271 e. The predicted octanol–water partition coefficient (Wildman–Crippen LogP) is 4.40. The van der Waals surface area contributed by atoms with E-state index in [4.69, 9.17) is 23.2 Å². The van der Waals surface area contributed by atoms with E-state index in [0.29, 0.717) is 22.3 Å². The second-order valence-electron chi connectivity index (χ2n) is 8.41. The monoisotopic (exact) mass is 480 g/mol. The Kier molecular flexibility index (Phi) is 3.88. The largest absolute Gasteiger partial charge is 0.506 e. The lowest BCUT2D eigenvalue weighted by molar-refractivity contribution is -0.384. The molecule has 1 aliphatic heterocycles. The van der Waals surface area contributed by atoms with Crippen LogP contribution in [0.25, 0.3) is 0 Å². The zero-order valence-electron chi connectivity index (χ0n) is 16.7. The molecule has 3 aromatic rings. The van der Waals surface area contributed by atoms with Crippen molar-refractivity contribution in [3.05, 3.63) is 99.1 Å². The lowest BCUT2D eigenvalue weighted by Gasteiger charge is -2.54. The molecule has 9 heteroatoms. The number of aromatic hydroxyl groups is 1. The third-order valence-electron chi connectivity index (χ3n) is 7.00. The Balaban J connectivity index is 1.64. The zero-order chi connectivity index (χ0) is 23.3. The minimum absolute atomic E-state index is 0.262. The van der Waals surface area contributed by atoms with E-state index >= 15 is 0 Å². The van der Waals surface area contributed by atoms with E-state index < -0.39 is 44.1 Å². The molecule has 3 aromatic carbocycles. The number of hydrogen-bond acceptors (Lipinski definition) is 5. The molecule has 7 rings (SSSR count). The molecule has 33 heavy (non-hydrogen) atoms. The van der Waals surface area contributed by atoms with Crippen LogP contribution in [0.1, 0.15) is 22.3 Å². The van der Waals surface area contributed by atoms with E-state index in [0.717, 1.165) is 23.1 Å². The van der Waals surface area contributed by atoms with Crippen molar-refractivity contribution in [3.63, 3.8) is 0 Å². The Labute approximate surface area is 197 Å². The molecule has 0 saturated carbocycles. The van der Waals surface area contributed by atoms with Gasteiger partial charge in [-0.15, -0.1) is 23.2 Å². The second kappa shape index (κ2) is 6.34. The second-order valence-corrected chi connectivity index (χ2v) is 9.60. The highest BCUT2D eigenvalue weighted by molar-refractivity contribution is 6.38. The Morgan fingerprint density at radius 3 is 1.64 bits per heavy atom. The molecule has 0 radical (unpaired) electrons. The normalized spacial score (nSPS) is 29.0. The molecular weight excluding hydrogens is 467 g/mol. The molecule has 0 spiro atoms. The van der Waals surface area contributed by atoms with E-state index in [-0.39, 0.29) is 11.4 Å². The first-order valence-electron chi connectivity index (χ1n) is 10.2. The van der Waals surface area contributed by atoms with E-state index in [9.17, 15) is 24.8 Å². The standard InChI is InChI=1S/C24H14Cl2N2O5/c25-23-13-5-1-2-6-14(13)24(26,16-8-4-3-7-15(16)23)20-19(23)21(30)27(22(20)31)17-11-12(28(32)33)9-10-18(17)29/h1-11,19-20,29H/t19-,20-,23?,24?/m0/s1. The molecule has 7 nitrogen and oxygen atoms in total. The van der Waals surface area contributed by atoms with E-state index in [1.165, 1.54) is 0 Å². The van der Waals surface area contributed by atoms with Crippen LogP contribution in [0.3, 0.4) is 0 Å². The van der Waals surface area contributed by atoms with Crippen LogP contribution in [0.2, 0.25) is 0 Å². The summed E-state index contributed by atoms with van der Waals surface area (Å²) in [6.45, 7) is 0. The fourth-order valence-electron chi connectivity index (χ4n) is 5.71. The summed E-state index contributed by atoms with van der Waals surface area (Å²) >= 11 is 14.7. The molecule has 0 unspecified atom stereocenters. The van der Waals surface area contributed by atoms with Crippen LogP contribution in [-0.4, -0.2) is 21.8 Å². The number of nitro benzene ring substituents is 1. The van der Waals surface area contributed by atoms with Gasteiger partial charge < -0.3 is 5.11 Å². The minimum atomic E-state index is -1.37. The predicted molar refractivity (Wildman–Crippen MR) is 120 cm³/mol. The van der Waals surface area contributed by atoms with Crippen molar-refractivity contribution >= 4 is 46.4 Å². The number of phenols is 1. The quantitative estimate of drug-likeness (QED) is 0.253. The fraction of sp³-hybridized carbons (Fsp3) is 0.167. The van der Waals surface area contributed by atoms with Crippen molar-refractivity contribution in [2.75, 3.05) is 4.90 Å². The van der Waals surface area contributed by atoms with Crippen molar-refractivity contribution in [2.24, 2.45) is 11.8 Å². The summed E-state index contributed by atoms with van der Waals surface area (Å²) < 4.78 is 0. The minimum Gasteiger partial charge on any atom is -0.506 e. The van der Waals surface area contributed by atoms with Crippen molar-refractivity contribution in [3.8, 4) is 5.75 Å². The highest BCUT2D eigenvalue weighted by Gasteiger charge is 2.73. The Morgan fingerprint density at radius 1 is 0.818 bits per heavy atom. The number of amides is 2. The van der Waals surface area contributed by atoms with Crippen molar-refractivity contribution in [1.29, 1.82) is 0 Å². The third kappa shape index (κ3) is 2.21. The fourth-order valence-corrected chi connectivity index (χ4v) is 6.81. The van der Waals surface area contributed by atoms with Crippen LogP contribution in [0.4, 0.5) is 11.4 Å². The molecule has 1 fully saturated rings. The average Bonchev–Trinajstić information content (AvgIpc) is 3.09. The number of imide groups is 1. The molecule has 3 aliphatic carbocycles. The molecule has 1 N–H and O–H groups in total. The summed E-state index contributed by atoms with van der Waals surface area (Å²) in [5, 5.41) is 21.7. The average molecular weight is 481 g/mol. The van der Waals surface area contributed by atoms with Gasteiger partial charge in [-0.2, -0.15) is 0 Å². The van der Waals surface area contributed by atoms with Crippen LogP contribution in [0.15, 0.2) is 66.7 Å². The number of nitrogens with zero attached hydrogens (tertiary/aromatic N) is 2. The third-order valence-corrected chi connectivity index (χ3v) is 8.28. The van der Waals surface area contributed by atoms with Gasteiger partial charge in [-0.3, -0.25) is 19.7 Å². The van der Waals surface area contributed by atoms with Gasteiger partial charge in [0.05, 0.1) is 16.8 Å². The summed E-state index contributed by atoms with van der Waals surface area (Å²) in [7, 11) is 0. The SMILES string of the molecule is O=C1[C@@H]2[C@@H](C(=O)N1c1cc([N+](=O)[O-])ccc1O)C1(Cl)c3ccccc3C2(Cl)c2ccccc21. The number of halogens is 2. The lowest BCUT2D eigenvalue weighted by Crippen LogP contribution is -2.57. The van der Waals surface area contributed by atoms with Crippen LogP contribution >= 0.6 is 23.2 Å². The summed E-state index contributed by atoms with van der Waals surface area (Å²) in [5.41, 5.74) is 1.96. The maximum absolute atomic E-state index is 13.8. The highest BCUT2D eigenvalue weighted by Crippen LogP contribution is 2.69. The first kappa shape index (κ1) is 20.2. The maximum Gasteiger partial charge on any atom is 0.271 e. The first-order chi connectivity index (χ1) is 15.7. The maximum atomic E-state index is 13.8. The number of alkyl halides is 2. The Morgan fingerprint density at radius 2 is 1.24 bits per heavy atom. The highest BCUT2D eigenvalue weighted by atomic mass is 35.5. The molecule has 4 aliphatic rings. The number of phenolic OH excluding ortho intramolecular Hbond substituents is 1. The van der Waals surface area contributed by atoms with Crippen LogP contribution in [-0.2, 0) is 19.3 Å². The topological polar surface area (TPSA) is 101 Å². The number of non-ortho nitro benzene ring substituents is 1. The number of carbonyl (C=O) groups is 2. The molecule has 2 atom stereocenters. The van der Waals surface area contributed by atoms with Gasteiger partial charge in [0.25, 0.3) is 5.69 Å². The van der Waals surface area contributed by atoms with Gasteiger partial charge in [-0.25, -0.2) is 4.90 Å². The molecule has 0 aromatic heterocycles. The van der Waals surface area contributed by atoms with Gasteiger partial charge in [0.2, 0.25) is 11.8 Å². The number of hydrogen-bond donors (Lipinski definition) is 1. The van der Waals surface area contributed by atoms with Gasteiger partial charge in [0, 0.05) is 12.1 Å². The lowest BCUT2D eigenvalue weighted by atomic mass is 9.54. The van der Waals surface area contributed by atoms with Gasteiger partial charge in [0.1, 0.15) is 21.2 Å². The molecular formula is C24H14Cl2N2O5. The summed E-state index contributed by atoms with van der Waals surface area (Å²) in [6, 6.07) is 17.6. The van der Waals surface area contributed by atoms with E-state index in [2.05, 4.69) is 0 Å². The number of anilines is 1. The van der Waals surface area contributed by atoms with Crippen LogP contribution < -0.4 is 4.90 Å². The number of carbonyl (C=O) groups excluding carboxylic acids is 2. The number of nitro groups is 1. The summed E-state index contributed by atoms with van der Waals surface area (Å²) in [5.74, 6) is -3.88. The number of benzene rings is 3. The molecule has 2 amide bonds. The molecule has 1 saturated heterocycles.